The Morgan fingerprint density at radius 3 is 2.62 bits per heavy atom. The van der Waals surface area contributed by atoms with E-state index in [9.17, 15) is 4.79 Å². The molecule has 1 N–H and O–H groups in total. The molecular weight excluding hydrogens is 200 g/mol. The number of carbonyl (C=O) groups excluding carboxylic acids is 1. The van der Waals surface area contributed by atoms with Gasteiger partial charge in [-0.2, -0.15) is 0 Å². The van der Waals surface area contributed by atoms with E-state index in [-0.39, 0.29) is 6.04 Å². The van der Waals surface area contributed by atoms with Crippen molar-refractivity contribution in [3.63, 3.8) is 0 Å². The van der Waals surface area contributed by atoms with Crippen LogP contribution in [0, 0.1) is 11.8 Å². The number of likely N-dealkylation sites (N-methyl/N-ethyl adjacent to an activating group) is 1. The molecule has 1 saturated carbocycles. The molecule has 1 aliphatic heterocycles. The molecule has 2 rings (SSSR count). The summed E-state index contributed by atoms with van der Waals surface area (Å²) in [7, 11) is 1.96. The van der Waals surface area contributed by atoms with E-state index >= 15 is 0 Å². The van der Waals surface area contributed by atoms with Crippen LogP contribution in [-0.4, -0.2) is 37.0 Å². The first-order valence-corrected chi connectivity index (χ1v) is 6.67. The maximum atomic E-state index is 12.2. The van der Waals surface area contributed by atoms with E-state index in [0.29, 0.717) is 11.8 Å². The smallest absolute Gasteiger partial charge is 0.239 e. The lowest BCUT2D eigenvalue weighted by Gasteiger charge is -2.35. The molecule has 0 radical (unpaired) electrons. The van der Waals surface area contributed by atoms with Gasteiger partial charge in [0.05, 0.1) is 6.04 Å². The van der Waals surface area contributed by atoms with Crippen LogP contribution in [0.2, 0.25) is 0 Å². The average Bonchev–Trinajstić information content (AvgIpc) is 2.23. The SMILES string of the molecule is CC1CCCNC1C(=O)N(C)CC1CCC1. The molecule has 2 unspecified atom stereocenters. The topological polar surface area (TPSA) is 32.3 Å². The number of hydrogen-bond donors (Lipinski definition) is 1. The Bertz CT molecular complexity index is 250. The third-order valence-electron chi connectivity index (χ3n) is 4.17. The highest BCUT2D eigenvalue weighted by Gasteiger charge is 2.31. The molecule has 0 spiro atoms. The Hall–Kier alpha value is -0.570. The van der Waals surface area contributed by atoms with Gasteiger partial charge in [0.1, 0.15) is 0 Å². The quantitative estimate of drug-likeness (QED) is 0.790. The molecule has 2 aliphatic rings. The molecule has 1 heterocycles. The van der Waals surface area contributed by atoms with Crippen molar-refractivity contribution in [1.29, 1.82) is 0 Å². The van der Waals surface area contributed by atoms with Gasteiger partial charge in [-0.05, 0) is 44.1 Å². The Balaban J connectivity index is 1.84. The van der Waals surface area contributed by atoms with Gasteiger partial charge in [0.25, 0.3) is 0 Å². The van der Waals surface area contributed by atoms with Crippen molar-refractivity contribution in [2.45, 2.75) is 45.1 Å². The van der Waals surface area contributed by atoms with E-state index in [1.807, 2.05) is 11.9 Å². The van der Waals surface area contributed by atoms with Crippen LogP contribution >= 0.6 is 0 Å². The molecule has 2 atom stereocenters. The lowest BCUT2D eigenvalue weighted by atomic mass is 9.84. The first-order chi connectivity index (χ1) is 7.68. The highest BCUT2D eigenvalue weighted by Crippen LogP contribution is 2.27. The van der Waals surface area contributed by atoms with Crippen molar-refractivity contribution < 1.29 is 4.79 Å². The molecule has 0 aromatic heterocycles. The average molecular weight is 224 g/mol. The molecular formula is C13H24N2O. The van der Waals surface area contributed by atoms with E-state index in [1.165, 1.54) is 32.1 Å². The highest BCUT2D eigenvalue weighted by molar-refractivity contribution is 5.82. The van der Waals surface area contributed by atoms with Crippen molar-refractivity contribution in [1.82, 2.24) is 10.2 Å². The van der Waals surface area contributed by atoms with Crippen molar-refractivity contribution >= 4 is 5.91 Å². The lowest BCUT2D eigenvalue weighted by molar-refractivity contribution is -0.134. The van der Waals surface area contributed by atoms with E-state index in [2.05, 4.69) is 12.2 Å². The minimum atomic E-state index is 0.0684. The Morgan fingerprint density at radius 1 is 1.31 bits per heavy atom. The van der Waals surface area contributed by atoms with Crippen LogP contribution in [0.5, 0.6) is 0 Å². The van der Waals surface area contributed by atoms with Gasteiger partial charge in [-0.15, -0.1) is 0 Å². The van der Waals surface area contributed by atoms with Gasteiger partial charge in [0.15, 0.2) is 0 Å². The van der Waals surface area contributed by atoms with Crippen molar-refractivity contribution in [3.05, 3.63) is 0 Å². The highest BCUT2D eigenvalue weighted by atomic mass is 16.2. The van der Waals surface area contributed by atoms with Crippen molar-refractivity contribution in [2.24, 2.45) is 11.8 Å². The van der Waals surface area contributed by atoms with Crippen LogP contribution in [0.4, 0.5) is 0 Å². The zero-order valence-corrected chi connectivity index (χ0v) is 10.5. The Kier molecular flexibility index (Phi) is 3.85. The van der Waals surface area contributed by atoms with Crippen LogP contribution in [0.15, 0.2) is 0 Å². The van der Waals surface area contributed by atoms with Crippen LogP contribution in [0.25, 0.3) is 0 Å². The van der Waals surface area contributed by atoms with Gasteiger partial charge in [-0.1, -0.05) is 13.3 Å². The second kappa shape index (κ2) is 5.17. The number of piperidine rings is 1. The Labute approximate surface area is 98.6 Å². The number of amides is 1. The summed E-state index contributed by atoms with van der Waals surface area (Å²) in [4.78, 5) is 14.2. The third kappa shape index (κ3) is 2.57. The molecule has 3 nitrogen and oxygen atoms in total. The van der Waals surface area contributed by atoms with E-state index in [0.717, 1.165) is 19.0 Å². The first kappa shape index (κ1) is 11.9. The van der Waals surface area contributed by atoms with E-state index in [4.69, 9.17) is 0 Å². The Morgan fingerprint density at radius 2 is 2.06 bits per heavy atom. The molecule has 1 aliphatic carbocycles. The standard InChI is InChI=1S/C13H24N2O/c1-10-5-4-8-14-12(10)13(16)15(2)9-11-6-3-7-11/h10-12,14H,3-9H2,1-2H3. The molecule has 16 heavy (non-hydrogen) atoms. The number of carbonyl (C=O) groups is 1. The summed E-state index contributed by atoms with van der Waals surface area (Å²) in [5.41, 5.74) is 0. The molecule has 0 bridgehead atoms. The number of hydrogen-bond acceptors (Lipinski definition) is 2. The zero-order chi connectivity index (χ0) is 11.5. The van der Waals surface area contributed by atoms with E-state index < -0.39 is 0 Å². The summed E-state index contributed by atoms with van der Waals surface area (Å²) in [5.74, 6) is 1.57. The maximum Gasteiger partial charge on any atom is 0.239 e. The monoisotopic (exact) mass is 224 g/mol. The zero-order valence-electron chi connectivity index (χ0n) is 10.5. The summed E-state index contributed by atoms with van der Waals surface area (Å²) >= 11 is 0. The first-order valence-electron chi connectivity index (χ1n) is 6.67. The normalized spacial score (nSPS) is 30.9. The molecule has 0 aromatic carbocycles. The summed E-state index contributed by atoms with van der Waals surface area (Å²) in [6.45, 7) is 4.15. The second-order valence-corrected chi connectivity index (χ2v) is 5.57. The lowest BCUT2D eigenvalue weighted by Crippen LogP contribution is -2.52. The predicted octanol–water partition coefficient (Wildman–Crippen LogP) is 1.63. The van der Waals surface area contributed by atoms with E-state index in [1.54, 1.807) is 0 Å². The minimum absolute atomic E-state index is 0.0684. The summed E-state index contributed by atoms with van der Waals surface area (Å²) < 4.78 is 0. The van der Waals surface area contributed by atoms with Gasteiger partial charge in [0.2, 0.25) is 5.91 Å². The van der Waals surface area contributed by atoms with Gasteiger partial charge >= 0.3 is 0 Å². The van der Waals surface area contributed by atoms with Gasteiger partial charge in [-0.3, -0.25) is 4.79 Å². The van der Waals surface area contributed by atoms with Crippen LogP contribution in [-0.2, 0) is 4.79 Å². The van der Waals surface area contributed by atoms with Crippen molar-refractivity contribution in [3.8, 4) is 0 Å². The fraction of sp³-hybridized carbons (Fsp3) is 0.923. The molecule has 0 aromatic rings. The predicted molar refractivity (Wildman–Crippen MR) is 65.2 cm³/mol. The second-order valence-electron chi connectivity index (χ2n) is 5.57. The number of nitrogens with one attached hydrogen (secondary N) is 1. The number of rotatable bonds is 3. The fourth-order valence-electron chi connectivity index (χ4n) is 2.77. The molecule has 1 amide bonds. The van der Waals surface area contributed by atoms with Crippen molar-refractivity contribution in [2.75, 3.05) is 20.1 Å². The summed E-state index contributed by atoms with van der Waals surface area (Å²) in [6, 6.07) is 0.0684. The number of nitrogens with zero attached hydrogens (tertiary/aromatic N) is 1. The maximum absolute atomic E-state index is 12.2. The molecule has 3 heteroatoms. The fourth-order valence-corrected chi connectivity index (χ4v) is 2.77. The van der Waals surface area contributed by atoms with Gasteiger partial charge in [0, 0.05) is 13.6 Å². The molecule has 1 saturated heterocycles. The van der Waals surface area contributed by atoms with Crippen LogP contribution in [0.1, 0.15) is 39.0 Å². The summed E-state index contributed by atoms with van der Waals surface area (Å²) in [6.07, 6.45) is 6.36. The summed E-state index contributed by atoms with van der Waals surface area (Å²) in [5, 5.41) is 3.37. The minimum Gasteiger partial charge on any atom is -0.344 e. The third-order valence-corrected chi connectivity index (χ3v) is 4.17. The van der Waals surface area contributed by atoms with Crippen LogP contribution < -0.4 is 5.32 Å². The van der Waals surface area contributed by atoms with Gasteiger partial charge < -0.3 is 10.2 Å². The molecule has 2 fully saturated rings. The van der Waals surface area contributed by atoms with Gasteiger partial charge in [-0.25, -0.2) is 0 Å². The van der Waals surface area contributed by atoms with Crippen LogP contribution in [0.3, 0.4) is 0 Å². The molecule has 92 valence electrons. The largest absolute Gasteiger partial charge is 0.344 e.